The van der Waals surface area contributed by atoms with E-state index < -0.39 is 0 Å². The number of aryl methyl sites for hydroxylation is 1. The molecule has 1 aromatic rings. The first-order valence-electron chi connectivity index (χ1n) is 7.71. The fourth-order valence-corrected chi connectivity index (χ4v) is 3.67. The molecular formula is C15H25N3O. The summed E-state index contributed by atoms with van der Waals surface area (Å²) < 4.78 is 5.53. The quantitative estimate of drug-likeness (QED) is 0.875. The number of aromatic nitrogens is 1. The third kappa shape index (κ3) is 3.18. The highest BCUT2D eigenvalue weighted by Crippen LogP contribution is 2.31. The zero-order valence-corrected chi connectivity index (χ0v) is 11.8. The summed E-state index contributed by atoms with van der Waals surface area (Å²) in [5.74, 6) is 2.50. The smallest absolute Gasteiger partial charge is 0.208 e. The Morgan fingerprint density at radius 2 is 2.26 bits per heavy atom. The van der Waals surface area contributed by atoms with Gasteiger partial charge in [0, 0.05) is 12.1 Å². The summed E-state index contributed by atoms with van der Waals surface area (Å²) in [5, 5.41) is 7.38. The molecule has 2 N–H and O–H groups in total. The topological polar surface area (TPSA) is 50.1 Å². The van der Waals surface area contributed by atoms with Gasteiger partial charge in [0.25, 0.3) is 0 Å². The second-order valence-electron chi connectivity index (χ2n) is 6.00. The van der Waals surface area contributed by atoms with Crippen molar-refractivity contribution in [2.75, 3.05) is 6.54 Å². The third-order valence-electron chi connectivity index (χ3n) is 4.62. The lowest BCUT2D eigenvalue weighted by atomic mass is 9.88. The van der Waals surface area contributed by atoms with Crippen LogP contribution in [-0.2, 0) is 6.54 Å². The van der Waals surface area contributed by atoms with Crippen LogP contribution in [0, 0.1) is 12.8 Å². The molecule has 4 heteroatoms. The van der Waals surface area contributed by atoms with E-state index in [1.54, 1.807) is 6.20 Å². The lowest BCUT2D eigenvalue weighted by Gasteiger charge is -2.33. The maximum Gasteiger partial charge on any atom is 0.208 e. The molecule has 2 heterocycles. The molecule has 1 aliphatic carbocycles. The van der Waals surface area contributed by atoms with Crippen molar-refractivity contribution in [2.24, 2.45) is 5.92 Å². The molecule has 0 bridgehead atoms. The predicted octanol–water partition coefficient (Wildman–Crippen LogP) is 2.38. The van der Waals surface area contributed by atoms with Crippen molar-refractivity contribution in [3.8, 4) is 0 Å². The maximum absolute atomic E-state index is 5.53. The number of nitrogens with one attached hydrogen (secondary N) is 2. The summed E-state index contributed by atoms with van der Waals surface area (Å²) in [7, 11) is 0. The van der Waals surface area contributed by atoms with E-state index in [1.165, 1.54) is 45.1 Å². The van der Waals surface area contributed by atoms with E-state index in [0.717, 1.165) is 30.2 Å². The number of hydrogen-bond acceptors (Lipinski definition) is 4. The average molecular weight is 263 g/mol. The van der Waals surface area contributed by atoms with Crippen molar-refractivity contribution in [1.82, 2.24) is 15.6 Å². The van der Waals surface area contributed by atoms with Crippen LogP contribution in [0.15, 0.2) is 10.6 Å². The monoisotopic (exact) mass is 263 g/mol. The Labute approximate surface area is 115 Å². The first kappa shape index (κ1) is 13.1. The largest absolute Gasteiger partial charge is 0.445 e. The highest BCUT2D eigenvalue weighted by Gasteiger charge is 2.33. The Morgan fingerprint density at radius 1 is 1.32 bits per heavy atom. The van der Waals surface area contributed by atoms with E-state index in [2.05, 4.69) is 15.6 Å². The standard InChI is InChI=1S/C15H25N3O/c1-11-9-18-15(19-11)10-17-14-7-4-5-12(14)13-6-2-3-8-16-13/h9,12-14,16-17H,2-8,10H2,1H3. The normalized spacial score (nSPS) is 31.7. The van der Waals surface area contributed by atoms with Crippen molar-refractivity contribution in [2.45, 2.75) is 64.1 Å². The summed E-state index contributed by atoms with van der Waals surface area (Å²) in [4.78, 5) is 4.27. The first-order valence-corrected chi connectivity index (χ1v) is 7.71. The van der Waals surface area contributed by atoms with E-state index in [1.807, 2.05) is 6.92 Å². The van der Waals surface area contributed by atoms with Gasteiger partial charge in [-0.15, -0.1) is 0 Å². The van der Waals surface area contributed by atoms with E-state index in [4.69, 9.17) is 4.42 Å². The predicted molar refractivity (Wildman–Crippen MR) is 74.9 cm³/mol. The van der Waals surface area contributed by atoms with Gasteiger partial charge in [-0.05, 0) is 45.1 Å². The van der Waals surface area contributed by atoms with Crippen molar-refractivity contribution in [1.29, 1.82) is 0 Å². The van der Waals surface area contributed by atoms with Crippen LogP contribution < -0.4 is 10.6 Å². The van der Waals surface area contributed by atoms with Gasteiger partial charge in [0.2, 0.25) is 5.89 Å². The highest BCUT2D eigenvalue weighted by atomic mass is 16.4. The summed E-state index contributed by atoms with van der Waals surface area (Å²) in [5.41, 5.74) is 0. The number of rotatable bonds is 4. The SMILES string of the molecule is Cc1cnc(CNC2CCCC2C2CCCCN2)o1. The maximum atomic E-state index is 5.53. The lowest BCUT2D eigenvalue weighted by molar-refractivity contribution is 0.252. The van der Waals surface area contributed by atoms with Crippen molar-refractivity contribution >= 4 is 0 Å². The van der Waals surface area contributed by atoms with E-state index in [0.29, 0.717) is 6.04 Å². The minimum absolute atomic E-state index is 0.628. The molecule has 0 radical (unpaired) electrons. The van der Waals surface area contributed by atoms with Crippen LogP contribution in [0.1, 0.15) is 50.2 Å². The van der Waals surface area contributed by atoms with Crippen LogP contribution in [0.5, 0.6) is 0 Å². The van der Waals surface area contributed by atoms with Gasteiger partial charge in [-0.2, -0.15) is 0 Å². The van der Waals surface area contributed by atoms with Gasteiger partial charge in [0.1, 0.15) is 5.76 Å². The number of nitrogens with zero attached hydrogens (tertiary/aromatic N) is 1. The molecule has 106 valence electrons. The van der Waals surface area contributed by atoms with Gasteiger partial charge in [-0.25, -0.2) is 4.98 Å². The van der Waals surface area contributed by atoms with Gasteiger partial charge in [0.05, 0.1) is 12.7 Å². The Bertz CT molecular complexity index is 398. The van der Waals surface area contributed by atoms with Crippen molar-refractivity contribution in [3.05, 3.63) is 17.8 Å². The van der Waals surface area contributed by atoms with Gasteiger partial charge in [-0.3, -0.25) is 0 Å². The van der Waals surface area contributed by atoms with E-state index in [-0.39, 0.29) is 0 Å². The molecule has 1 aliphatic heterocycles. The fourth-order valence-electron chi connectivity index (χ4n) is 3.67. The van der Waals surface area contributed by atoms with Crippen LogP contribution in [0.2, 0.25) is 0 Å². The number of hydrogen-bond donors (Lipinski definition) is 2. The molecule has 1 aromatic heterocycles. The van der Waals surface area contributed by atoms with Crippen LogP contribution in [0.3, 0.4) is 0 Å². The van der Waals surface area contributed by atoms with Crippen LogP contribution in [0.25, 0.3) is 0 Å². The minimum atomic E-state index is 0.628. The van der Waals surface area contributed by atoms with E-state index in [9.17, 15) is 0 Å². The summed E-state index contributed by atoms with van der Waals surface area (Å²) in [6.07, 6.45) is 9.89. The molecular weight excluding hydrogens is 238 g/mol. The molecule has 3 atom stereocenters. The molecule has 4 nitrogen and oxygen atoms in total. The molecule has 3 rings (SSSR count). The molecule has 19 heavy (non-hydrogen) atoms. The molecule has 1 saturated heterocycles. The Kier molecular flexibility index (Phi) is 4.18. The fraction of sp³-hybridized carbons (Fsp3) is 0.800. The molecule has 0 aromatic carbocycles. The van der Waals surface area contributed by atoms with Crippen LogP contribution >= 0.6 is 0 Å². The minimum Gasteiger partial charge on any atom is -0.445 e. The molecule has 0 spiro atoms. The highest BCUT2D eigenvalue weighted by molar-refractivity contribution is 4.95. The Morgan fingerprint density at radius 3 is 3.00 bits per heavy atom. The van der Waals surface area contributed by atoms with E-state index >= 15 is 0 Å². The second-order valence-corrected chi connectivity index (χ2v) is 6.00. The zero-order valence-electron chi connectivity index (χ0n) is 11.8. The Hall–Kier alpha value is -0.870. The number of oxazole rings is 1. The molecule has 1 saturated carbocycles. The van der Waals surface area contributed by atoms with Crippen LogP contribution in [-0.4, -0.2) is 23.6 Å². The average Bonchev–Trinajstić information content (AvgIpc) is 3.06. The third-order valence-corrected chi connectivity index (χ3v) is 4.62. The molecule has 2 fully saturated rings. The summed E-state index contributed by atoms with van der Waals surface area (Å²) >= 11 is 0. The molecule has 2 aliphatic rings. The zero-order chi connectivity index (χ0) is 13.1. The van der Waals surface area contributed by atoms with Gasteiger partial charge >= 0.3 is 0 Å². The molecule has 3 unspecified atom stereocenters. The summed E-state index contributed by atoms with van der Waals surface area (Å²) in [6, 6.07) is 1.35. The second kappa shape index (κ2) is 6.06. The lowest BCUT2D eigenvalue weighted by Crippen LogP contribution is -2.46. The summed E-state index contributed by atoms with van der Waals surface area (Å²) in [6.45, 7) is 3.91. The van der Waals surface area contributed by atoms with Crippen LogP contribution in [0.4, 0.5) is 0 Å². The van der Waals surface area contributed by atoms with Gasteiger partial charge in [0.15, 0.2) is 0 Å². The van der Waals surface area contributed by atoms with Gasteiger partial charge < -0.3 is 15.1 Å². The van der Waals surface area contributed by atoms with Crippen molar-refractivity contribution in [3.63, 3.8) is 0 Å². The van der Waals surface area contributed by atoms with Crippen molar-refractivity contribution < 1.29 is 4.42 Å². The number of piperidine rings is 1. The van der Waals surface area contributed by atoms with Gasteiger partial charge in [-0.1, -0.05) is 12.8 Å². The Balaban J connectivity index is 1.54. The molecule has 0 amide bonds. The first-order chi connectivity index (χ1) is 9.33.